The van der Waals surface area contributed by atoms with Crippen molar-refractivity contribution in [3.05, 3.63) is 160 Å². The van der Waals surface area contributed by atoms with E-state index in [1.165, 1.54) is 15.9 Å². The van der Waals surface area contributed by atoms with Crippen molar-refractivity contribution in [1.82, 2.24) is 9.78 Å². The summed E-state index contributed by atoms with van der Waals surface area (Å²) in [5.41, 5.74) is 4.41. The predicted octanol–water partition coefficient (Wildman–Crippen LogP) is 11.2. The number of methoxy groups -OCH3 is 2. The molecule has 14 heteroatoms. The Labute approximate surface area is 419 Å². The number of hydrogen-bond donors (Lipinski definition) is 1. The number of aryl methyl sites for hydroxylation is 2. The van der Waals surface area contributed by atoms with Gasteiger partial charge in [0.1, 0.15) is 41.1 Å². The molecule has 2 aliphatic carbocycles. The zero-order valence-corrected chi connectivity index (χ0v) is 41.2. The molecule has 2 aromatic heterocycles. The number of rotatable bonds is 11. The third-order valence-corrected chi connectivity index (χ3v) is 16.6. The van der Waals surface area contributed by atoms with E-state index in [9.17, 15) is 14.7 Å². The third-order valence-electron chi connectivity index (χ3n) is 15.1. The fourth-order valence-electron chi connectivity index (χ4n) is 11.5. The Morgan fingerprint density at radius 2 is 1.61 bits per heavy atom. The second-order valence-corrected chi connectivity index (χ2v) is 20.4. The number of phenolic OH excluding ortho intramolecular Hbond substituents is 1. The average Bonchev–Trinajstić information content (AvgIpc) is 4.05. The van der Waals surface area contributed by atoms with E-state index in [-0.39, 0.29) is 37.0 Å². The number of nitrogens with zero attached hydrogens (tertiary/aromatic N) is 4. The fraction of sp³-hybridized carbons (Fsp3) is 0.246. The Morgan fingerprint density at radius 3 is 2.35 bits per heavy atom. The molecule has 0 spiro atoms. The highest BCUT2D eigenvalue weighted by Gasteiger charge is 2.68. The number of imide groups is 2. The largest absolute Gasteiger partial charge is 0.508 e. The molecule has 7 aromatic rings. The van der Waals surface area contributed by atoms with Gasteiger partial charge in [-0.3, -0.25) is 28.8 Å². The van der Waals surface area contributed by atoms with Crippen molar-refractivity contribution in [3.63, 3.8) is 0 Å². The first-order valence-electron chi connectivity index (χ1n) is 23.5. The van der Waals surface area contributed by atoms with Crippen LogP contribution < -0.4 is 24.0 Å². The van der Waals surface area contributed by atoms with Crippen LogP contribution in [-0.4, -0.2) is 52.7 Å². The van der Waals surface area contributed by atoms with E-state index in [4.69, 9.17) is 30.9 Å². The minimum atomic E-state index is -1.41. The third kappa shape index (κ3) is 7.52. The fourth-order valence-corrected chi connectivity index (χ4v) is 12.9. The number of carbonyl (C=O) groups excluding carboxylic acids is 4. The smallest absolute Gasteiger partial charge is 0.242 e. The minimum absolute atomic E-state index is 0.111. The van der Waals surface area contributed by atoms with Crippen LogP contribution in [0.3, 0.4) is 0 Å². The molecule has 12 nitrogen and oxygen atoms in total. The summed E-state index contributed by atoms with van der Waals surface area (Å²) >= 11 is 7.94. The van der Waals surface area contributed by atoms with Crippen LogP contribution in [0.25, 0.3) is 32.8 Å². The molecule has 71 heavy (non-hydrogen) atoms. The van der Waals surface area contributed by atoms with Crippen LogP contribution in [0, 0.1) is 36.0 Å². The first kappa shape index (κ1) is 45.9. The minimum Gasteiger partial charge on any atom is -0.508 e. The number of aromatic nitrogens is 2. The summed E-state index contributed by atoms with van der Waals surface area (Å²) in [5, 5.41) is 18.5. The van der Waals surface area contributed by atoms with E-state index in [0.29, 0.717) is 45.0 Å². The van der Waals surface area contributed by atoms with Gasteiger partial charge < -0.3 is 19.3 Å². The maximum absolute atomic E-state index is 15.5. The quantitative estimate of drug-likeness (QED) is 0.0762. The number of anilines is 2. The predicted molar refractivity (Wildman–Crippen MR) is 275 cm³/mol. The number of fused-ring (bicyclic) bond motifs is 5. The normalized spacial score (nSPS) is 22.8. The van der Waals surface area contributed by atoms with Crippen molar-refractivity contribution in [2.75, 3.05) is 24.0 Å². The highest BCUT2D eigenvalue weighted by Crippen LogP contribution is 2.65. The zero-order valence-electron chi connectivity index (χ0n) is 39.6. The Morgan fingerprint density at radius 1 is 0.831 bits per heavy atom. The van der Waals surface area contributed by atoms with Gasteiger partial charge in [0.15, 0.2) is 0 Å². The topological polar surface area (TPSA) is 140 Å². The van der Waals surface area contributed by atoms with Gasteiger partial charge >= 0.3 is 0 Å². The molecule has 2 aliphatic heterocycles. The summed E-state index contributed by atoms with van der Waals surface area (Å²) < 4.78 is 19.6. The average molecular weight is 986 g/mol. The van der Waals surface area contributed by atoms with Crippen LogP contribution in [-0.2, 0) is 32.8 Å². The second-order valence-electron chi connectivity index (χ2n) is 18.9. The van der Waals surface area contributed by atoms with Crippen LogP contribution in [0.4, 0.5) is 11.5 Å². The summed E-state index contributed by atoms with van der Waals surface area (Å²) in [4.78, 5) is 63.6. The Hall–Kier alpha value is -7.48. The van der Waals surface area contributed by atoms with Crippen molar-refractivity contribution in [1.29, 1.82) is 0 Å². The molecule has 11 rings (SSSR count). The van der Waals surface area contributed by atoms with Gasteiger partial charge in [-0.15, -0.1) is 11.3 Å². The number of ether oxygens (including phenoxy) is 3. The van der Waals surface area contributed by atoms with E-state index in [0.717, 1.165) is 42.8 Å². The SMILES string of the molecule is COc1ccc(OC)c(C=Cc2ccc(N3C(=O)[C@H]4[C@H](CC=C5[C@H]4C[C@H]4C(=O)N(c6cc(-c7sc8ccc(Cl)cc8c7C)nn6C)C(=O)[C@@]4(C)[C@H]5c4ccc(OCc5ccccc5)cc4O)C3=O)cc2)c1. The lowest BCUT2D eigenvalue weighted by molar-refractivity contribution is -0.131. The summed E-state index contributed by atoms with van der Waals surface area (Å²) in [6.07, 6.45) is 6.19. The number of aromatic hydroxyl groups is 1. The maximum Gasteiger partial charge on any atom is 0.242 e. The molecular formula is C57H49ClN4O8S. The van der Waals surface area contributed by atoms with Gasteiger partial charge in [-0.25, -0.2) is 4.90 Å². The van der Waals surface area contributed by atoms with Crippen molar-refractivity contribution < 1.29 is 38.5 Å². The van der Waals surface area contributed by atoms with Crippen LogP contribution in [0.5, 0.6) is 23.0 Å². The summed E-state index contributed by atoms with van der Waals surface area (Å²) in [5.74, 6) is -3.42. The number of benzene rings is 5. The van der Waals surface area contributed by atoms with E-state index in [1.807, 2.05) is 104 Å². The summed E-state index contributed by atoms with van der Waals surface area (Å²) in [7, 11) is 4.92. The molecule has 6 atom stereocenters. The molecule has 358 valence electrons. The monoisotopic (exact) mass is 984 g/mol. The van der Waals surface area contributed by atoms with Crippen LogP contribution in [0.15, 0.2) is 127 Å². The molecule has 1 N–H and O–H groups in total. The number of thiophene rings is 1. The van der Waals surface area contributed by atoms with Crippen LogP contribution in [0.1, 0.15) is 53.5 Å². The highest BCUT2D eigenvalue weighted by molar-refractivity contribution is 7.22. The first-order valence-corrected chi connectivity index (χ1v) is 24.7. The van der Waals surface area contributed by atoms with Gasteiger partial charge in [-0.05, 0) is 109 Å². The molecule has 0 unspecified atom stereocenters. The molecule has 2 saturated heterocycles. The molecule has 5 aromatic carbocycles. The molecular weight excluding hydrogens is 936 g/mol. The first-order chi connectivity index (χ1) is 34.3. The molecule has 0 bridgehead atoms. The van der Waals surface area contributed by atoms with E-state index >= 15 is 9.59 Å². The standard InChI is InChI=1S/C57H49ClN4O8S/c1-31-42-26-35(58)15-24-48(42)71-52(31)45-29-49(60(3)59-45)62-54(65)44-28-43-39(51(57(44,2)56(62)67)40-20-18-38(27-46(40)63)70-30-33-9-7-6-8-10-33)21-22-41-50(43)55(66)61(53(41)64)36-16-12-32(13-17-36)11-14-34-25-37(68-4)19-23-47(34)69-5/h6-21,23-27,29,41,43-44,50-51,63H,22,28,30H2,1-5H3/t41-,43+,44-,50-,51+,57+/m0/s1. The lowest BCUT2D eigenvalue weighted by Gasteiger charge is -2.49. The van der Waals surface area contributed by atoms with Gasteiger partial charge in [0, 0.05) is 45.9 Å². The lowest BCUT2D eigenvalue weighted by atomic mass is 9.51. The van der Waals surface area contributed by atoms with Crippen LogP contribution in [0.2, 0.25) is 5.02 Å². The molecule has 4 heterocycles. The maximum atomic E-state index is 15.5. The summed E-state index contributed by atoms with van der Waals surface area (Å²) in [6, 6.07) is 35.0. The van der Waals surface area contributed by atoms with Gasteiger partial charge in [0.25, 0.3) is 0 Å². The molecule has 4 amide bonds. The number of carbonyl (C=O) groups is 4. The van der Waals surface area contributed by atoms with Crippen molar-refractivity contribution in [3.8, 4) is 33.6 Å². The zero-order chi connectivity index (χ0) is 49.5. The Balaban J connectivity index is 0.945. The molecule has 4 aliphatic rings. The lowest BCUT2D eigenvalue weighted by Crippen LogP contribution is -2.49. The molecule has 3 fully saturated rings. The van der Waals surface area contributed by atoms with Crippen molar-refractivity contribution >= 4 is 80.3 Å². The Kier molecular flexibility index (Phi) is 11.5. The van der Waals surface area contributed by atoms with Gasteiger partial charge in [0.2, 0.25) is 23.6 Å². The number of phenols is 1. The second kappa shape index (κ2) is 17.7. The molecule has 1 saturated carbocycles. The van der Waals surface area contributed by atoms with Crippen LogP contribution >= 0.6 is 22.9 Å². The van der Waals surface area contributed by atoms with Crippen molar-refractivity contribution in [2.45, 2.75) is 39.2 Å². The number of amides is 4. The van der Waals surface area contributed by atoms with E-state index < -0.39 is 46.8 Å². The highest BCUT2D eigenvalue weighted by atomic mass is 35.5. The Bertz CT molecular complexity index is 3400. The van der Waals surface area contributed by atoms with Gasteiger partial charge in [-0.1, -0.05) is 83.9 Å². The number of hydrogen-bond acceptors (Lipinski definition) is 10. The van der Waals surface area contributed by atoms with Crippen molar-refractivity contribution in [2.24, 2.45) is 36.1 Å². The number of allylic oxidation sites excluding steroid dienone is 2. The van der Waals surface area contributed by atoms with Gasteiger partial charge in [-0.2, -0.15) is 5.10 Å². The van der Waals surface area contributed by atoms with Gasteiger partial charge in [0.05, 0.1) is 48.0 Å². The number of halogens is 1. The van der Waals surface area contributed by atoms with E-state index in [1.54, 1.807) is 74.5 Å². The summed E-state index contributed by atoms with van der Waals surface area (Å²) in [6.45, 7) is 4.08. The van der Waals surface area contributed by atoms with E-state index in [2.05, 4.69) is 0 Å². The molecule has 0 radical (unpaired) electrons.